The van der Waals surface area contributed by atoms with Crippen molar-refractivity contribution in [1.29, 1.82) is 0 Å². The normalized spacial score (nSPS) is 10.3. The Labute approximate surface area is 119 Å². The summed E-state index contributed by atoms with van der Waals surface area (Å²) >= 11 is 0. The van der Waals surface area contributed by atoms with Crippen LogP contribution < -0.4 is 10.1 Å². The van der Waals surface area contributed by atoms with Crippen LogP contribution in [0.25, 0.3) is 0 Å². The lowest BCUT2D eigenvalue weighted by Crippen LogP contribution is -2.07. The highest BCUT2D eigenvalue weighted by atomic mass is 16.5. The summed E-state index contributed by atoms with van der Waals surface area (Å²) in [4.78, 5) is 8.61. The van der Waals surface area contributed by atoms with Crippen molar-refractivity contribution in [2.45, 2.75) is 20.1 Å². The van der Waals surface area contributed by atoms with Crippen molar-refractivity contribution in [2.75, 3.05) is 19.5 Å². The van der Waals surface area contributed by atoms with Crippen LogP contribution in [0.3, 0.4) is 0 Å². The lowest BCUT2D eigenvalue weighted by atomic mass is 10.1. The van der Waals surface area contributed by atoms with Gasteiger partial charge in [-0.2, -0.15) is 4.98 Å². The molecule has 0 fully saturated rings. The summed E-state index contributed by atoms with van der Waals surface area (Å²) in [5, 5.41) is 3.22. The highest BCUT2D eigenvalue weighted by molar-refractivity contribution is 5.34. The minimum absolute atomic E-state index is 0.560. The van der Waals surface area contributed by atoms with Gasteiger partial charge in [-0.15, -0.1) is 0 Å². The van der Waals surface area contributed by atoms with Gasteiger partial charge >= 0.3 is 0 Å². The molecule has 20 heavy (non-hydrogen) atoms. The average Bonchev–Trinajstić information content (AvgIpc) is 2.46. The van der Waals surface area contributed by atoms with Gasteiger partial charge in [0.2, 0.25) is 11.8 Å². The Balaban J connectivity index is 2.10. The number of rotatable bonds is 6. The third-order valence-corrected chi connectivity index (χ3v) is 2.90. The molecule has 0 saturated heterocycles. The number of nitrogens with zero attached hydrogens (tertiary/aromatic N) is 2. The second-order valence-corrected chi connectivity index (χ2v) is 4.43. The standard InChI is InChI=1S/C15H19N3O2/c1-11-8-14(20-3)18-15(17-11)16-9-12-6-4-5-7-13(12)10-19-2/h4-8H,9-10H2,1-3H3,(H,16,17,18). The van der Waals surface area contributed by atoms with Gasteiger partial charge in [-0.3, -0.25) is 0 Å². The molecule has 0 aliphatic carbocycles. The van der Waals surface area contributed by atoms with E-state index in [2.05, 4.69) is 27.4 Å². The fourth-order valence-electron chi connectivity index (χ4n) is 1.92. The maximum absolute atomic E-state index is 5.20. The molecule has 1 heterocycles. The molecule has 0 aliphatic heterocycles. The quantitative estimate of drug-likeness (QED) is 0.876. The predicted octanol–water partition coefficient (Wildman–Crippen LogP) is 2.55. The summed E-state index contributed by atoms with van der Waals surface area (Å²) in [5.74, 6) is 1.12. The lowest BCUT2D eigenvalue weighted by molar-refractivity contribution is 0.184. The van der Waals surface area contributed by atoms with Gasteiger partial charge in [-0.1, -0.05) is 24.3 Å². The summed E-state index contributed by atoms with van der Waals surface area (Å²) in [6, 6.07) is 9.93. The predicted molar refractivity (Wildman–Crippen MR) is 77.8 cm³/mol. The maximum atomic E-state index is 5.20. The van der Waals surface area contributed by atoms with Crippen LogP contribution in [-0.4, -0.2) is 24.2 Å². The van der Waals surface area contributed by atoms with Crippen molar-refractivity contribution in [1.82, 2.24) is 9.97 Å². The van der Waals surface area contributed by atoms with E-state index in [9.17, 15) is 0 Å². The number of nitrogens with one attached hydrogen (secondary N) is 1. The number of aromatic nitrogens is 2. The number of anilines is 1. The van der Waals surface area contributed by atoms with Crippen LogP contribution in [-0.2, 0) is 17.9 Å². The molecule has 0 radical (unpaired) electrons. The molecule has 0 aliphatic rings. The number of aryl methyl sites for hydroxylation is 1. The summed E-state index contributed by atoms with van der Waals surface area (Å²) in [6.07, 6.45) is 0. The fraction of sp³-hybridized carbons (Fsp3) is 0.333. The molecule has 0 bridgehead atoms. The first-order valence-electron chi connectivity index (χ1n) is 6.42. The van der Waals surface area contributed by atoms with E-state index in [-0.39, 0.29) is 0 Å². The molecule has 106 valence electrons. The molecule has 5 nitrogen and oxygen atoms in total. The van der Waals surface area contributed by atoms with Crippen LogP contribution in [0.2, 0.25) is 0 Å². The van der Waals surface area contributed by atoms with Crippen molar-refractivity contribution >= 4 is 5.95 Å². The SMILES string of the molecule is COCc1ccccc1CNc1nc(C)cc(OC)n1. The Morgan fingerprint density at radius 3 is 2.55 bits per heavy atom. The van der Waals surface area contributed by atoms with Gasteiger partial charge in [0, 0.05) is 25.4 Å². The largest absolute Gasteiger partial charge is 0.481 e. The summed E-state index contributed by atoms with van der Waals surface area (Å²) in [7, 11) is 3.29. The van der Waals surface area contributed by atoms with Crippen LogP contribution >= 0.6 is 0 Å². The number of benzene rings is 1. The van der Waals surface area contributed by atoms with E-state index in [0.717, 1.165) is 11.3 Å². The Bertz CT molecular complexity index is 573. The van der Waals surface area contributed by atoms with Gasteiger partial charge in [0.15, 0.2) is 0 Å². The summed E-state index contributed by atoms with van der Waals surface area (Å²) < 4.78 is 10.3. The molecular formula is C15H19N3O2. The molecule has 1 aromatic heterocycles. The second kappa shape index (κ2) is 6.86. The molecule has 0 saturated carbocycles. The summed E-state index contributed by atoms with van der Waals surface area (Å²) in [5.41, 5.74) is 3.19. The van der Waals surface area contributed by atoms with E-state index in [1.165, 1.54) is 5.56 Å². The topological polar surface area (TPSA) is 56.3 Å². The van der Waals surface area contributed by atoms with E-state index >= 15 is 0 Å². The fourth-order valence-corrected chi connectivity index (χ4v) is 1.92. The van der Waals surface area contributed by atoms with Crippen LogP contribution in [0.15, 0.2) is 30.3 Å². The minimum atomic E-state index is 0.560. The molecule has 2 rings (SSSR count). The third-order valence-electron chi connectivity index (χ3n) is 2.90. The first-order valence-corrected chi connectivity index (χ1v) is 6.42. The molecular weight excluding hydrogens is 254 g/mol. The number of hydrogen-bond acceptors (Lipinski definition) is 5. The molecule has 1 aromatic carbocycles. The number of hydrogen-bond donors (Lipinski definition) is 1. The molecule has 2 aromatic rings. The third kappa shape index (κ3) is 3.68. The van der Waals surface area contributed by atoms with E-state index < -0.39 is 0 Å². The molecule has 0 atom stereocenters. The molecule has 0 amide bonds. The Morgan fingerprint density at radius 2 is 1.85 bits per heavy atom. The zero-order valence-corrected chi connectivity index (χ0v) is 12.0. The van der Waals surface area contributed by atoms with Gasteiger partial charge < -0.3 is 14.8 Å². The molecule has 0 unspecified atom stereocenters. The first kappa shape index (κ1) is 14.3. The zero-order valence-electron chi connectivity index (χ0n) is 12.0. The average molecular weight is 273 g/mol. The van der Waals surface area contributed by atoms with Crippen molar-refractivity contribution in [3.8, 4) is 5.88 Å². The van der Waals surface area contributed by atoms with Crippen molar-refractivity contribution < 1.29 is 9.47 Å². The number of methoxy groups -OCH3 is 2. The van der Waals surface area contributed by atoms with E-state index in [1.54, 1.807) is 20.3 Å². The van der Waals surface area contributed by atoms with Crippen LogP contribution in [0.4, 0.5) is 5.95 Å². The van der Waals surface area contributed by atoms with Crippen LogP contribution in [0.5, 0.6) is 5.88 Å². The Morgan fingerprint density at radius 1 is 1.10 bits per heavy atom. The highest BCUT2D eigenvalue weighted by Gasteiger charge is 2.04. The van der Waals surface area contributed by atoms with E-state index in [0.29, 0.717) is 25.0 Å². The lowest BCUT2D eigenvalue weighted by Gasteiger charge is -2.11. The van der Waals surface area contributed by atoms with Crippen molar-refractivity contribution in [2.24, 2.45) is 0 Å². The highest BCUT2D eigenvalue weighted by Crippen LogP contribution is 2.14. The molecule has 0 spiro atoms. The smallest absolute Gasteiger partial charge is 0.226 e. The van der Waals surface area contributed by atoms with Crippen LogP contribution in [0.1, 0.15) is 16.8 Å². The Kier molecular flexibility index (Phi) is 4.90. The van der Waals surface area contributed by atoms with Gasteiger partial charge in [0.05, 0.1) is 13.7 Å². The monoisotopic (exact) mass is 273 g/mol. The minimum Gasteiger partial charge on any atom is -0.481 e. The van der Waals surface area contributed by atoms with Gasteiger partial charge in [-0.05, 0) is 18.1 Å². The van der Waals surface area contributed by atoms with Crippen molar-refractivity contribution in [3.63, 3.8) is 0 Å². The second-order valence-electron chi connectivity index (χ2n) is 4.43. The van der Waals surface area contributed by atoms with Gasteiger partial charge in [0.25, 0.3) is 0 Å². The van der Waals surface area contributed by atoms with Crippen molar-refractivity contribution in [3.05, 3.63) is 47.2 Å². The zero-order chi connectivity index (χ0) is 14.4. The van der Waals surface area contributed by atoms with Gasteiger partial charge in [0.1, 0.15) is 0 Å². The van der Waals surface area contributed by atoms with Crippen LogP contribution in [0, 0.1) is 6.92 Å². The number of ether oxygens (including phenoxy) is 2. The first-order chi connectivity index (χ1) is 9.72. The Hall–Kier alpha value is -2.14. The van der Waals surface area contributed by atoms with Gasteiger partial charge in [-0.25, -0.2) is 4.98 Å². The van der Waals surface area contributed by atoms with E-state index in [4.69, 9.17) is 9.47 Å². The maximum Gasteiger partial charge on any atom is 0.226 e. The molecule has 5 heteroatoms. The molecule has 1 N–H and O–H groups in total. The summed E-state index contributed by atoms with van der Waals surface area (Å²) in [6.45, 7) is 3.15. The van der Waals surface area contributed by atoms with E-state index in [1.807, 2.05) is 19.1 Å².